The van der Waals surface area contributed by atoms with Gasteiger partial charge in [-0.3, -0.25) is 18.9 Å². The summed E-state index contributed by atoms with van der Waals surface area (Å²) in [5.74, 6) is 1.22. The van der Waals surface area contributed by atoms with Crippen LogP contribution in [0.3, 0.4) is 0 Å². The van der Waals surface area contributed by atoms with E-state index in [2.05, 4.69) is 17.2 Å². The van der Waals surface area contributed by atoms with Gasteiger partial charge in [-0.15, -0.1) is 11.3 Å². The maximum Gasteiger partial charge on any atom is 0.331 e. The molecule has 1 N–H and O–H groups in total. The summed E-state index contributed by atoms with van der Waals surface area (Å²) in [5, 5.41) is 4.03. The normalized spacial score (nSPS) is 17.8. The molecule has 0 saturated carbocycles. The Kier molecular flexibility index (Phi) is 6.76. The van der Waals surface area contributed by atoms with Gasteiger partial charge < -0.3 is 10.1 Å². The van der Waals surface area contributed by atoms with Crippen molar-refractivity contribution in [2.24, 2.45) is 5.92 Å². The van der Waals surface area contributed by atoms with Crippen molar-refractivity contribution in [1.82, 2.24) is 19.4 Å². The van der Waals surface area contributed by atoms with Crippen LogP contribution in [0, 0.1) is 12.8 Å². The predicted octanol–water partition coefficient (Wildman–Crippen LogP) is 4.86. The Balaban J connectivity index is 1.59. The van der Waals surface area contributed by atoms with Crippen LogP contribution in [0.5, 0.6) is 5.75 Å². The average Bonchev–Trinajstić information content (AvgIpc) is 3.43. The Bertz CT molecular complexity index is 1560. The highest BCUT2D eigenvalue weighted by Crippen LogP contribution is 2.42. The van der Waals surface area contributed by atoms with Gasteiger partial charge in [0.1, 0.15) is 11.9 Å². The van der Waals surface area contributed by atoms with Gasteiger partial charge in [0, 0.05) is 64.5 Å². The first-order valence-electron chi connectivity index (χ1n) is 12.1. The molecular formula is C27H29ClN4O3S. The summed E-state index contributed by atoms with van der Waals surface area (Å²) in [7, 11) is 0. The molecule has 1 aliphatic rings. The van der Waals surface area contributed by atoms with E-state index >= 15 is 0 Å². The first-order chi connectivity index (χ1) is 17.2. The largest absolute Gasteiger partial charge is 0.488 e. The fourth-order valence-corrected chi connectivity index (χ4v) is 6.09. The van der Waals surface area contributed by atoms with E-state index in [4.69, 9.17) is 16.3 Å². The van der Waals surface area contributed by atoms with Crippen LogP contribution in [-0.2, 0) is 6.54 Å². The Labute approximate surface area is 218 Å². The third-order valence-corrected chi connectivity index (χ3v) is 8.03. The second kappa shape index (κ2) is 9.84. The summed E-state index contributed by atoms with van der Waals surface area (Å²) >= 11 is 8.03. The lowest BCUT2D eigenvalue weighted by molar-refractivity contribution is 0.182. The minimum atomic E-state index is -0.317. The van der Waals surface area contributed by atoms with E-state index in [9.17, 15) is 9.59 Å². The van der Waals surface area contributed by atoms with Crippen molar-refractivity contribution >= 4 is 33.2 Å². The highest BCUT2D eigenvalue weighted by molar-refractivity contribution is 7.19. The minimum Gasteiger partial charge on any atom is -0.488 e. The molecule has 7 nitrogen and oxygen atoms in total. The van der Waals surface area contributed by atoms with Crippen molar-refractivity contribution in [2.45, 2.75) is 46.4 Å². The van der Waals surface area contributed by atoms with Crippen LogP contribution in [0.15, 0.2) is 52.3 Å². The molecule has 4 aromatic rings. The number of hydrogen-bond donors (Lipinski definition) is 1. The first-order valence-corrected chi connectivity index (χ1v) is 13.3. The third-order valence-electron chi connectivity index (χ3n) is 6.67. The maximum atomic E-state index is 12.9. The van der Waals surface area contributed by atoms with Crippen molar-refractivity contribution < 1.29 is 4.74 Å². The Hall–Kier alpha value is -2.94. The highest BCUT2D eigenvalue weighted by Gasteiger charge is 2.27. The molecule has 1 aliphatic heterocycles. The quantitative estimate of drug-likeness (QED) is 0.389. The molecule has 1 fully saturated rings. The fourth-order valence-electron chi connectivity index (χ4n) is 4.68. The molecule has 3 aromatic heterocycles. The summed E-state index contributed by atoms with van der Waals surface area (Å²) < 4.78 is 10.4. The van der Waals surface area contributed by atoms with Crippen molar-refractivity contribution in [2.75, 3.05) is 13.1 Å². The van der Waals surface area contributed by atoms with E-state index < -0.39 is 0 Å². The number of nitrogens with one attached hydrogen (secondary N) is 1. The van der Waals surface area contributed by atoms with E-state index in [1.54, 1.807) is 17.0 Å². The first kappa shape index (κ1) is 24.7. The molecule has 0 amide bonds. The van der Waals surface area contributed by atoms with E-state index in [0.717, 1.165) is 50.6 Å². The van der Waals surface area contributed by atoms with Crippen LogP contribution >= 0.6 is 22.9 Å². The molecule has 0 spiro atoms. The molecule has 1 aromatic carbocycles. The Morgan fingerprint density at radius 3 is 2.72 bits per heavy atom. The van der Waals surface area contributed by atoms with Gasteiger partial charge in [-0.25, -0.2) is 4.79 Å². The number of pyridine rings is 1. The zero-order chi connectivity index (χ0) is 25.6. The fraction of sp³-hybridized carbons (Fsp3) is 0.370. The Morgan fingerprint density at radius 1 is 1.19 bits per heavy atom. The molecule has 0 unspecified atom stereocenters. The van der Waals surface area contributed by atoms with E-state index in [1.165, 1.54) is 22.0 Å². The average molecular weight is 525 g/mol. The van der Waals surface area contributed by atoms with Crippen molar-refractivity contribution in [3.63, 3.8) is 0 Å². The summed E-state index contributed by atoms with van der Waals surface area (Å²) in [6, 6.07) is 9.18. The van der Waals surface area contributed by atoms with Crippen LogP contribution in [0.1, 0.15) is 37.3 Å². The van der Waals surface area contributed by atoms with Gasteiger partial charge in [0.05, 0.1) is 16.8 Å². The van der Waals surface area contributed by atoms with Crippen LogP contribution in [0.2, 0.25) is 5.02 Å². The van der Waals surface area contributed by atoms with Crippen LogP contribution < -0.4 is 21.3 Å². The maximum absolute atomic E-state index is 12.9. The second-order valence-electron chi connectivity index (χ2n) is 9.70. The molecule has 9 heteroatoms. The lowest BCUT2D eigenvalue weighted by Gasteiger charge is -2.22. The summed E-state index contributed by atoms with van der Waals surface area (Å²) in [4.78, 5) is 30.9. The van der Waals surface area contributed by atoms with E-state index in [0.29, 0.717) is 10.9 Å². The zero-order valence-corrected chi connectivity index (χ0v) is 22.3. The summed E-state index contributed by atoms with van der Waals surface area (Å²) in [5.41, 5.74) is 3.03. The number of rotatable bonds is 6. The van der Waals surface area contributed by atoms with Gasteiger partial charge in [0.2, 0.25) is 0 Å². The lowest BCUT2D eigenvalue weighted by Crippen LogP contribution is -2.39. The summed E-state index contributed by atoms with van der Waals surface area (Å²) in [6.07, 6.45) is 3.40. The monoisotopic (exact) mass is 524 g/mol. The molecule has 0 aliphatic carbocycles. The molecule has 36 heavy (non-hydrogen) atoms. The van der Waals surface area contributed by atoms with Crippen LogP contribution in [0.25, 0.3) is 21.3 Å². The number of hydrogen-bond acceptors (Lipinski definition) is 6. The van der Waals surface area contributed by atoms with Crippen LogP contribution in [0.4, 0.5) is 0 Å². The molecule has 0 radical (unpaired) electrons. The van der Waals surface area contributed by atoms with Gasteiger partial charge in [0.25, 0.3) is 5.56 Å². The molecular weight excluding hydrogens is 496 g/mol. The van der Waals surface area contributed by atoms with Crippen molar-refractivity contribution in [3.8, 4) is 16.9 Å². The number of aromatic nitrogens is 3. The van der Waals surface area contributed by atoms with Gasteiger partial charge >= 0.3 is 5.69 Å². The summed E-state index contributed by atoms with van der Waals surface area (Å²) in [6.45, 7) is 9.95. The Morgan fingerprint density at radius 2 is 2.00 bits per heavy atom. The predicted molar refractivity (Wildman–Crippen MR) is 146 cm³/mol. The van der Waals surface area contributed by atoms with Gasteiger partial charge in [0.15, 0.2) is 0 Å². The minimum absolute atomic E-state index is 0.0395. The van der Waals surface area contributed by atoms with Crippen molar-refractivity contribution in [3.05, 3.63) is 79.0 Å². The SMILES string of the molecule is Cc1cc(Cl)cc(-c2ccnc3cc(Cn4c(=O)ccn(C(C)C)c4=O)sc23)c1O[C@@H]1CNC[C@@H]1C. The molecule has 188 valence electrons. The molecule has 5 rings (SSSR count). The van der Waals surface area contributed by atoms with E-state index in [1.807, 2.05) is 45.0 Å². The lowest BCUT2D eigenvalue weighted by atomic mass is 10.0. The van der Waals surface area contributed by atoms with Crippen molar-refractivity contribution in [1.29, 1.82) is 0 Å². The van der Waals surface area contributed by atoms with Gasteiger partial charge in [-0.05, 0) is 50.6 Å². The number of ether oxygens (including phenoxy) is 1. The number of thiophene rings is 1. The number of halogens is 1. The smallest absolute Gasteiger partial charge is 0.331 e. The third kappa shape index (κ3) is 4.61. The highest BCUT2D eigenvalue weighted by atomic mass is 35.5. The number of fused-ring (bicyclic) bond motifs is 1. The molecule has 1 saturated heterocycles. The molecule has 2 atom stereocenters. The number of nitrogens with zero attached hydrogens (tertiary/aromatic N) is 3. The standard InChI is InChI=1S/C27H29ClN4O3S/c1-15(2)31-8-6-24(33)32(27(31)34)14-19-11-22-26(36-19)20(5-7-30-22)21-10-18(28)9-16(3)25(21)35-23-13-29-12-17(23)4/h5-11,15,17,23,29H,12-14H2,1-4H3/t17-,23+/m0/s1. The zero-order valence-electron chi connectivity index (χ0n) is 20.7. The van der Waals surface area contributed by atoms with Gasteiger partial charge in [-0.1, -0.05) is 18.5 Å². The molecule has 0 bridgehead atoms. The molecule has 4 heterocycles. The van der Waals surface area contributed by atoms with Crippen LogP contribution in [-0.4, -0.2) is 33.3 Å². The second-order valence-corrected chi connectivity index (χ2v) is 11.3. The number of aryl methyl sites for hydroxylation is 1. The topological polar surface area (TPSA) is 78.2 Å². The van der Waals surface area contributed by atoms with E-state index in [-0.39, 0.29) is 29.9 Å². The number of benzene rings is 1. The van der Waals surface area contributed by atoms with Gasteiger partial charge in [-0.2, -0.15) is 0 Å².